The van der Waals surface area contributed by atoms with E-state index in [4.69, 9.17) is 10.2 Å². The second-order valence-electron chi connectivity index (χ2n) is 4.07. The topological polar surface area (TPSA) is 109 Å². The summed E-state index contributed by atoms with van der Waals surface area (Å²) in [6, 6.07) is 0. The molecular weight excluding hydrogens is 240 g/mol. The normalized spacial score (nSPS) is 10.0. The van der Waals surface area contributed by atoms with Gasteiger partial charge in [-0.2, -0.15) is 0 Å². The summed E-state index contributed by atoms with van der Waals surface area (Å²) in [5.41, 5.74) is 0. The van der Waals surface area contributed by atoms with Gasteiger partial charge >= 0.3 is 11.9 Å². The molecule has 0 saturated heterocycles. The van der Waals surface area contributed by atoms with Crippen LogP contribution in [0.3, 0.4) is 0 Å². The van der Waals surface area contributed by atoms with Gasteiger partial charge in [0, 0.05) is 38.5 Å². The first-order valence-corrected chi connectivity index (χ1v) is 5.89. The van der Waals surface area contributed by atoms with E-state index < -0.39 is 11.9 Å². The van der Waals surface area contributed by atoms with Crippen molar-refractivity contribution in [1.29, 1.82) is 0 Å². The van der Waals surface area contributed by atoms with Crippen LogP contribution in [-0.4, -0.2) is 33.7 Å². The minimum Gasteiger partial charge on any atom is -0.481 e. The van der Waals surface area contributed by atoms with Crippen molar-refractivity contribution < 1.29 is 29.4 Å². The standard InChI is InChI=1S/C12H18O6/c13-9(3-1-5-11(15)16)7-8-10(14)4-2-6-12(17)18/h1-8H2,(H,15,16)(H,17,18). The predicted octanol–water partition coefficient (Wildman–Crippen LogP) is 1.41. The SMILES string of the molecule is O=C(O)CCCC(=O)CCC(=O)CCCC(=O)O. The van der Waals surface area contributed by atoms with Crippen LogP contribution in [0.1, 0.15) is 51.4 Å². The lowest BCUT2D eigenvalue weighted by molar-refractivity contribution is -0.138. The van der Waals surface area contributed by atoms with Gasteiger partial charge in [0.25, 0.3) is 0 Å². The summed E-state index contributed by atoms with van der Waals surface area (Å²) in [6.45, 7) is 0. The maximum absolute atomic E-state index is 11.3. The lowest BCUT2D eigenvalue weighted by atomic mass is 10.0. The van der Waals surface area contributed by atoms with Gasteiger partial charge in [-0.15, -0.1) is 0 Å². The monoisotopic (exact) mass is 258 g/mol. The fraction of sp³-hybridized carbons (Fsp3) is 0.667. The molecule has 6 nitrogen and oxygen atoms in total. The number of carbonyl (C=O) groups excluding carboxylic acids is 2. The molecule has 0 unspecified atom stereocenters. The van der Waals surface area contributed by atoms with Crippen LogP contribution in [0.2, 0.25) is 0 Å². The molecule has 0 heterocycles. The smallest absolute Gasteiger partial charge is 0.303 e. The fourth-order valence-corrected chi connectivity index (χ4v) is 1.40. The van der Waals surface area contributed by atoms with Crippen LogP contribution < -0.4 is 0 Å². The van der Waals surface area contributed by atoms with E-state index in [1.165, 1.54) is 0 Å². The van der Waals surface area contributed by atoms with Crippen molar-refractivity contribution in [2.45, 2.75) is 51.4 Å². The van der Waals surface area contributed by atoms with Crippen LogP contribution in [0.15, 0.2) is 0 Å². The molecule has 102 valence electrons. The summed E-state index contributed by atoms with van der Waals surface area (Å²) >= 11 is 0. The Morgan fingerprint density at radius 1 is 0.556 bits per heavy atom. The number of carboxylic acids is 2. The highest BCUT2D eigenvalue weighted by atomic mass is 16.4. The number of rotatable bonds is 11. The zero-order valence-electron chi connectivity index (χ0n) is 10.2. The fourth-order valence-electron chi connectivity index (χ4n) is 1.40. The maximum atomic E-state index is 11.3. The first kappa shape index (κ1) is 16.3. The van der Waals surface area contributed by atoms with Crippen LogP contribution in [0.25, 0.3) is 0 Å². The number of Topliss-reactive ketones (excluding diaryl/α,β-unsaturated/α-hetero) is 2. The number of ketones is 2. The molecule has 18 heavy (non-hydrogen) atoms. The van der Waals surface area contributed by atoms with Gasteiger partial charge in [-0.05, 0) is 12.8 Å². The average molecular weight is 258 g/mol. The minimum atomic E-state index is -0.937. The van der Waals surface area contributed by atoms with E-state index in [1.54, 1.807) is 0 Å². The van der Waals surface area contributed by atoms with E-state index >= 15 is 0 Å². The van der Waals surface area contributed by atoms with Gasteiger partial charge in [-0.25, -0.2) is 0 Å². The summed E-state index contributed by atoms with van der Waals surface area (Å²) < 4.78 is 0. The quantitative estimate of drug-likeness (QED) is 0.580. The molecule has 6 heteroatoms. The molecule has 2 N–H and O–H groups in total. The van der Waals surface area contributed by atoms with Crippen LogP contribution in [-0.2, 0) is 19.2 Å². The third-order valence-electron chi connectivity index (χ3n) is 2.38. The average Bonchev–Trinajstić information content (AvgIpc) is 2.25. The molecule has 0 radical (unpaired) electrons. The molecule has 0 aromatic heterocycles. The van der Waals surface area contributed by atoms with Gasteiger partial charge in [-0.3, -0.25) is 19.2 Å². The molecule has 0 amide bonds. The van der Waals surface area contributed by atoms with Crippen LogP contribution >= 0.6 is 0 Å². The predicted molar refractivity (Wildman–Crippen MR) is 62.2 cm³/mol. The molecule has 0 aliphatic carbocycles. The van der Waals surface area contributed by atoms with Crippen molar-refractivity contribution in [3.05, 3.63) is 0 Å². The molecule has 0 aliphatic heterocycles. The van der Waals surface area contributed by atoms with Gasteiger partial charge in [0.2, 0.25) is 0 Å². The summed E-state index contributed by atoms with van der Waals surface area (Å²) in [6.07, 6.45) is 1.08. The Kier molecular flexibility index (Phi) is 8.43. The Balaban J connectivity index is 3.56. The van der Waals surface area contributed by atoms with E-state index in [9.17, 15) is 19.2 Å². The second kappa shape index (κ2) is 9.32. The lowest BCUT2D eigenvalue weighted by Gasteiger charge is -2.00. The number of hydrogen-bond donors (Lipinski definition) is 2. The Morgan fingerprint density at radius 3 is 1.17 bits per heavy atom. The van der Waals surface area contributed by atoms with Crippen LogP contribution in [0, 0.1) is 0 Å². The van der Waals surface area contributed by atoms with E-state index in [-0.39, 0.29) is 50.1 Å². The van der Waals surface area contributed by atoms with Gasteiger partial charge in [0.15, 0.2) is 0 Å². The van der Waals surface area contributed by atoms with E-state index in [0.29, 0.717) is 12.8 Å². The van der Waals surface area contributed by atoms with Crippen LogP contribution in [0.4, 0.5) is 0 Å². The van der Waals surface area contributed by atoms with Crippen molar-refractivity contribution >= 4 is 23.5 Å². The van der Waals surface area contributed by atoms with Gasteiger partial charge < -0.3 is 10.2 Å². The van der Waals surface area contributed by atoms with Crippen molar-refractivity contribution in [1.82, 2.24) is 0 Å². The molecule has 0 aliphatic rings. The van der Waals surface area contributed by atoms with Gasteiger partial charge in [0.1, 0.15) is 11.6 Å². The largest absolute Gasteiger partial charge is 0.481 e. The third-order valence-corrected chi connectivity index (χ3v) is 2.38. The summed E-state index contributed by atoms with van der Waals surface area (Å²) in [4.78, 5) is 43.0. The van der Waals surface area contributed by atoms with Crippen LogP contribution in [0.5, 0.6) is 0 Å². The minimum absolute atomic E-state index is 0.0434. The van der Waals surface area contributed by atoms with E-state index in [2.05, 4.69) is 0 Å². The molecule has 0 rings (SSSR count). The lowest BCUT2D eigenvalue weighted by Crippen LogP contribution is -2.06. The maximum Gasteiger partial charge on any atom is 0.303 e. The summed E-state index contributed by atoms with van der Waals surface area (Å²) in [5, 5.41) is 16.7. The summed E-state index contributed by atoms with van der Waals surface area (Å²) in [5.74, 6) is -2.12. The number of aliphatic carboxylic acids is 2. The van der Waals surface area contributed by atoms with E-state index in [1.807, 2.05) is 0 Å². The third kappa shape index (κ3) is 10.8. The molecular formula is C12H18O6. The Bertz CT molecular complexity index is 289. The first-order chi connectivity index (χ1) is 8.41. The van der Waals surface area contributed by atoms with Crippen molar-refractivity contribution in [3.63, 3.8) is 0 Å². The first-order valence-electron chi connectivity index (χ1n) is 5.89. The Labute approximate surface area is 105 Å². The van der Waals surface area contributed by atoms with Crippen molar-refractivity contribution in [3.8, 4) is 0 Å². The highest BCUT2D eigenvalue weighted by Gasteiger charge is 2.08. The molecule has 0 aromatic rings. The highest BCUT2D eigenvalue weighted by molar-refractivity contribution is 5.86. The summed E-state index contributed by atoms with van der Waals surface area (Å²) in [7, 11) is 0. The molecule has 0 atom stereocenters. The molecule has 0 spiro atoms. The Hall–Kier alpha value is -1.72. The molecule has 0 saturated carbocycles. The number of carboxylic acid groups (broad SMARTS) is 2. The molecule has 0 aromatic carbocycles. The zero-order chi connectivity index (χ0) is 14.0. The molecule has 0 bridgehead atoms. The zero-order valence-corrected chi connectivity index (χ0v) is 10.2. The number of carbonyl (C=O) groups is 4. The Morgan fingerprint density at radius 2 is 0.889 bits per heavy atom. The molecule has 0 fully saturated rings. The number of hydrogen-bond acceptors (Lipinski definition) is 4. The van der Waals surface area contributed by atoms with Crippen molar-refractivity contribution in [2.24, 2.45) is 0 Å². The van der Waals surface area contributed by atoms with Gasteiger partial charge in [0.05, 0.1) is 0 Å². The van der Waals surface area contributed by atoms with Crippen molar-refractivity contribution in [2.75, 3.05) is 0 Å². The highest BCUT2D eigenvalue weighted by Crippen LogP contribution is 2.05. The second-order valence-corrected chi connectivity index (χ2v) is 4.07. The van der Waals surface area contributed by atoms with Gasteiger partial charge in [-0.1, -0.05) is 0 Å². The van der Waals surface area contributed by atoms with E-state index in [0.717, 1.165) is 0 Å².